The molecule has 10 aromatic carbocycles. The average molecular weight is 856 g/mol. The van der Waals surface area contributed by atoms with E-state index in [1.807, 2.05) is 24.3 Å². The standard InChI is InChI=1S/C61H37N5O/c1-3-13-38(14-4-1)40-23-25-43(26-24-40)59-62-60(44-30-33-48-47-19-10-12-22-54(47)67-55(48)37-44)64-61(63-59)66-53-36-35-52-56(57(53)50-34-29-42-17-7-8-18-46(42)58(50)66)49-20-9-11-21-51(49)65(52)45-31-27-41(28-32-45)39-15-5-2-6-16-39/h1-37H. The number of hydrogen-bond acceptors (Lipinski definition) is 4. The highest BCUT2D eigenvalue weighted by Crippen LogP contribution is 2.44. The van der Waals surface area contributed by atoms with Gasteiger partial charge >= 0.3 is 0 Å². The zero-order valence-corrected chi connectivity index (χ0v) is 36.0. The van der Waals surface area contributed by atoms with Gasteiger partial charge in [0.1, 0.15) is 11.2 Å². The molecule has 0 bridgehead atoms. The van der Waals surface area contributed by atoms with Gasteiger partial charge in [-0.15, -0.1) is 0 Å². The van der Waals surface area contributed by atoms with E-state index < -0.39 is 0 Å². The van der Waals surface area contributed by atoms with Crippen LogP contribution in [0.4, 0.5) is 0 Å². The minimum Gasteiger partial charge on any atom is -0.456 e. The molecule has 0 aliphatic rings. The van der Waals surface area contributed by atoms with E-state index in [9.17, 15) is 0 Å². The monoisotopic (exact) mass is 855 g/mol. The molecule has 0 saturated heterocycles. The lowest BCUT2D eigenvalue weighted by molar-refractivity contribution is 0.669. The molecule has 0 fully saturated rings. The van der Waals surface area contributed by atoms with Crippen LogP contribution in [0, 0.1) is 0 Å². The quantitative estimate of drug-likeness (QED) is 0.167. The van der Waals surface area contributed by atoms with Crippen molar-refractivity contribution in [2.45, 2.75) is 0 Å². The van der Waals surface area contributed by atoms with Crippen LogP contribution in [0.2, 0.25) is 0 Å². The van der Waals surface area contributed by atoms with Crippen LogP contribution >= 0.6 is 0 Å². The van der Waals surface area contributed by atoms with Crippen LogP contribution < -0.4 is 0 Å². The van der Waals surface area contributed by atoms with Crippen LogP contribution in [0.3, 0.4) is 0 Å². The Kier molecular flexibility index (Phi) is 8.18. The fourth-order valence-corrected chi connectivity index (χ4v) is 10.3. The topological polar surface area (TPSA) is 61.7 Å². The van der Waals surface area contributed by atoms with Crippen LogP contribution in [0.5, 0.6) is 0 Å². The smallest absolute Gasteiger partial charge is 0.238 e. The van der Waals surface area contributed by atoms with Gasteiger partial charge in [0.15, 0.2) is 11.6 Å². The summed E-state index contributed by atoms with van der Waals surface area (Å²) >= 11 is 0. The second-order valence-corrected chi connectivity index (χ2v) is 17.2. The van der Waals surface area contributed by atoms with Crippen molar-refractivity contribution >= 4 is 76.3 Å². The first kappa shape index (κ1) is 37.3. The maximum atomic E-state index is 6.41. The molecule has 312 valence electrons. The maximum absolute atomic E-state index is 6.41. The number of benzene rings is 10. The zero-order chi connectivity index (χ0) is 44.0. The van der Waals surface area contributed by atoms with Crippen LogP contribution in [0.25, 0.3) is 133 Å². The number of rotatable bonds is 6. The number of aromatic nitrogens is 5. The Morgan fingerprint density at radius 1 is 0.313 bits per heavy atom. The predicted octanol–water partition coefficient (Wildman–Crippen LogP) is 15.8. The number of para-hydroxylation sites is 2. The van der Waals surface area contributed by atoms with Gasteiger partial charge in [0.2, 0.25) is 5.95 Å². The summed E-state index contributed by atoms with van der Waals surface area (Å²) in [6.45, 7) is 0. The van der Waals surface area contributed by atoms with Gasteiger partial charge in [-0.05, 0) is 76.2 Å². The Morgan fingerprint density at radius 3 is 1.58 bits per heavy atom. The van der Waals surface area contributed by atoms with Gasteiger partial charge in [-0.3, -0.25) is 4.57 Å². The largest absolute Gasteiger partial charge is 0.456 e. The summed E-state index contributed by atoms with van der Waals surface area (Å²) < 4.78 is 11.1. The molecule has 0 spiro atoms. The fraction of sp³-hybridized carbons (Fsp3) is 0. The molecule has 0 unspecified atom stereocenters. The normalized spacial score (nSPS) is 11.9. The third kappa shape index (κ3) is 5.86. The Balaban J connectivity index is 1.04. The lowest BCUT2D eigenvalue weighted by atomic mass is 10.0. The van der Waals surface area contributed by atoms with Crippen molar-refractivity contribution in [3.05, 3.63) is 224 Å². The molecule has 14 aromatic rings. The third-order valence-corrected chi connectivity index (χ3v) is 13.4. The summed E-state index contributed by atoms with van der Waals surface area (Å²) in [5, 5.41) is 9.01. The van der Waals surface area contributed by atoms with Crippen LogP contribution in [0.1, 0.15) is 0 Å². The van der Waals surface area contributed by atoms with Gasteiger partial charge in [0, 0.05) is 54.5 Å². The summed E-state index contributed by atoms with van der Waals surface area (Å²) in [6.07, 6.45) is 0. The zero-order valence-electron chi connectivity index (χ0n) is 36.0. The van der Waals surface area contributed by atoms with Gasteiger partial charge in [0.25, 0.3) is 0 Å². The summed E-state index contributed by atoms with van der Waals surface area (Å²) in [7, 11) is 0. The van der Waals surface area contributed by atoms with E-state index in [0.29, 0.717) is 17.6 Å². The van der Waals surface area contributed by atoms with Gasteiger partial charge in [0.05, 0.1) is 22.1 Å². The van der Waals surface area contributed by atoms with Crippen molar-refractivity contribution in [1.29, 1.82) is 0 Å². The van der Waals surface area contributed by atoms with E-state index in [1.54, 1.807) is 0 Å². The minimum absolute atomic E-state index is 0.535. The Labute approximate surface area is 384 Å². The molecule has 0 N–H and O–H groups in total. The molecule has 6 heteroatoms. The number of hydrogen-bond donors (Lipinski definition) is 0. The molecule has 0 radical (unpaired) electrons. The van der Waals surface area contributed by atoms with E-state index in [0.717, 1.165) is 93.5 Å². The molecule has 4 heterocycles. The molecular weight excluding hydrogens is 819 g/mol. The van der Waals surface area contributed by atoms with Crippen LogP contribution in [0.15, 0.2) is 229 Å². The lowest BCUT2D eigenvalue weighted by Crippen LogP contribution is -2.06. The van der Waals surface area contributed by atoms with Crippen molar-refractivity contribution < 1.29 is 4.42 Å². The van der Waals surface area contributed by atoms with Crippen molar-refractivity contribution in [3.63, 3.8) is 0 Å². The van der Waals surface area contributed by atoms with E-state index in [2.05, 4.69) is 209 Å². The highest BCUT2D eigenvalue weighted by atomic mass is 16.3. The van der Waals surface area contributed by atoms with Crippen molar-refractivity contribution in [2.75, 3.05) is 0 Å². The second kappa shape index (κ2) is 14.7. The van der Waals surface area contributed by atoms with Crippen molar-refractivity contribution in [3.8, 4) is 56.7 Å². The summed E-state index contributed by atoms with van der Waals surface area (Å²) in [5.41, 5.74) is 13.4. The number of nitrogens with zero attached hydrogens (tertiary/aromatic N) is 5. The van der Waals surface area contributed by atoms with Crippen molar-refractivity contribution in [1.82, 2.24) is 24.1 Å². The molecule has 67 heavy (non-hydrogen) atoms. The first-order valence-corrected chi connectivity index (χ1v) is 22.6. The first-order valence-electron chi connectivity index (χ1n) is 22.6. The number of fused-ring (bicyclic) bond motifs is 12. The third-order valence-electron chi connectivity index (χ3n) is 13.4. The Morgan fingerprint density at radius 2 is 0.836 bits per heavy atom. The SMILES string of the molecule is c1ccc(-c2ccc(-c3nc(-c4ccc5c(c4)oc4ccccc45)nc(-n4c5ccc6c(c7ccccc7n6-c6ccc(-c7ccccc7)cc6)c5c5ccc6ccccc6c54)n3)cc2)cc1. The van der Waals surface area contributed by atoms with Crippen LogP contribution in [-0.4, -0.2) is 24.1 Å². The van der Waals surface area contributed by atoms with E-state index in [1.165, 1.54) is 21.9 Å². The molecule has 6 nitrogen and oxygen atoms in total. The summed E-state index contributed by atoms with van der Waals surface area (Å²) in [4.78, 5) is 16.1. The van der Waals surface area contributed by atoms with Crippen LogP contribution in [-0.2, 0) is 0 Å². The predicted molar refractivity (Wildman–Crippen MR) is 275 cm³/mol. The van der Waals surface area contributed by atoms with E-state index >= 15 is 0 Å². The molecule has 0 saturated carbocycles. The van der Waals surface area contributed by atoms with Gasteiger partial charge in [-0.2, -0.15) is 9.97 Å². The van der Waals surface area contributed by atoms with E-state index in [4.69, 9.17) is 19.4 Å². The molecule has 0 amide bonds. The fourth-order valence-electron chi connectivity index (χ4n) is 10.3. The maximum Gasteiger partial charge on any atom is 0.238 e. The molecule has 0 aliphatic carbocycles. The average Bonchev–Trinajstić information content (AvgIpc) is 4.07. The van der Waals surface area contributed by atoms with Gasteiger partial charge in [-0.25, -0.2) is 4.98 Å². The lowest BCUT2D eigenvalue weighted by Gasteiger charge is -2.12. The van der Waals surface area contributed by atoms with Crippen molar-refractivity contribution in [2.24, 2.45) is 0 Å². The summed E-state index contributed by atoms with van der Waals surface area (Å²) in [6, 6.07) is 79.2. The Hall–Kier alpha value is -9.13. The second-order valence-electron chi connectivity index (χ2n) is 17.2. The highest BCUT2D eigenvalue weighted by Gasteiger charge is 2.24. The van der Waals surface area contributed by atoms with Gasteiger partial charge in [-0.1, -0.05) is 176 Å². The van der Waals surface area contributed by atoms with E-state index in [-0.39, 0.29) is 0 Å². The summed E-state index contributed by atoms with van der Waals surface area (Å²) in [5.74, 6) is 1.67. The molecule has 4 aromatic heterocycles. The Bertz CT molecular complexity index is 4240. The molecule has 14 rings (SSSR count). The minimum atomic E-state index is 0.535. The molecule has 0 aliphatic heterocycles. The first-order chi connectivity index (χ1) is 33.2. The number of furan rings is 1. The molecule has 0 atom stereocenters. The van der Waals surface area contributed by atoms with Gasteiger partial charge < -0.3 is 8.98 Å². The highest BCUT2D eigenvalue weighted by molar-refractivity contribution is 6.31. The molecular formula is C61H37N5O.